The van der Waals surface area contributed by atoms with Gasteiger partial charge in [0, 0.05) is 20.2 Å². The van der Waals surface area contributed by atoms with Crippen molar-refractivity contribution in [1.29, 1.82) is 0 Å². The molecule has 1 fully saturated rings. The summed E-state index contributed by atoms with van der Waals surface area (Å²) in [5.41, 5.74) is 0.402. The molecule has 184 valence electrons. The number of methoxy groups -OCH3 is 1. The molecule has 0 radical (unpaired) electrons. The standard InChI is InChI=1S/C17H26ClN6O7PS/c1-4-10-13(18)24(8-31-32(27,28)29)14(19-10)15(26)20-11-5-6-23(7-12(11)30-3)17-22-21-16(33-17)9(2)25/h9,11-12,25H,4-8H2,1-3H3,(H,20,26)(H2,27,28,29)/t9?,11-,12+/m1/s1. The molecule has 0 aromatic carbocycles. The number of nitrogens with zero attached hydrogens (tertiary/aromatic N) is 5. The van der Waals surface area contributed by atoms with Crippen molar-refractivity contribution >= 4 is 41.8 Å². The molecule has 33 heavy (non-hydrogen) atoms. The summed E-state index contributed by atoms with van der Waals surface area (Å²) in [6.45, 7) is 3.78. The highest BCUT2D eigenvalue weighted by molar-refractivity contribution is 7.46. The average molecular weight is 525 g/mol. The lowest BCUT2D eigenvalue weighted by Crippen LogP contribution is -2.55. The van der Waals surface area contributed by atoms with Crippen molar-refractivity contribution in [3.05, 3.63) is 21.7 Å². The van der Waals surface area contributed by atoms with Crippen LogP contribution in [0.3, 0.4) is 0 Å². The van der Waals surface area contributed by atoms with Crippen LogP contribution in [0, 0.1) is 0 Å². The third-order valence-electron chi connectivity index (χ3n) is 5.10. The molecule has 2 aromatic heterocycles. The number of aryl methyl sites for hydroxylation is 1. The van der Waals surface area contributed by atoms with Gasteiger partial charge in [-0.1, -0.05) is 29.9 Å². The van der Waals surface area contributed by atoms with Crippen LogP contribution in [-0.4, -0.2) is 72.9 Å². The molecule has 3 rings (SSSR count). The van der Waals surface area contributed by atoms with Crippen molar-refractivity contribution in [2.45, 2.75) is 51.7 Å². The van der Waals surface area contributed by atoms with Gasteiger partial charge in [0.2, 0.25) is 11.0 Å². The van der Waals surface area contributed by atoms with Crippen molar-refractivity contribution in [2.75, 3.05) is 25.1 Å². The molecule has 0 aliphatic carbocycles. The number of amides is 1. The summed E-state index contributed by atoms with van der Waals surface area (Å²) in [5.74, 6) is -0.688. The monoisotopic (exact) mass is 524 g/mol. The van der Waals surface area contributed by atoms with Gasteiger partial charge in [-0.2, -0.15) is 0 Å². The molecular formula is C17H26ClN6O7PS. The number of hydrogen-bond acceptors (Lipinski definition) is 10. The lowest BCUT2D eigenvalue weighted by molar-refractivity contribution is 0.0532. The molecule has 13 nitrogen and oxygen atoms in total. The molecule has 0 saturated carbocycles. The molecule has 0 bridgehead atoms. The minimum Gasteiger partial charge on any atom is -0.386 e. The Morgan fingerprint density at radius 2 is 2.15 bits per heavy atom. The van der Waals surface area contributed by atoms with Crippen LogP contribution in [0.2, 0.25) is 5.15 Å². The second-order valence-corrected chi connectivity index (χ2v) is 9.98. The smallest absolute Gasteiger partial charge is 0.386 e. The van der Waals surface area contributed by atoms with Crippen molar-refractivity contribution in [3.8, 4) is 0 Å². The van der Waals surface area contributed by atoms with Crippen molar-refractivity contribution in [1.82, 2.24) is 25.1 Å². The van der Waals surface area contributed by atoms with Gasteiger partial charge in [-0.25, -0.2) is 9.55 Å². The van der Waals surface area contributed by atoms with Crippen LogP contribution in [0.25, 0.3) is 0 Å². The number of hydrogen-bond donors (Lipinski definition) is 4. The van der Waals surface area contributed by atoms with Crippen molar-refractivity contribution in [3.63, 3.8) is 0 Å². The fraction of sp³-hybridized carbons (Fsp3) is 0.647. The highest BCUT2D eigenvalue weighted by atomic mass is 35.5. The van der Waals surface area contributed by atoms with E-state index in [9.17, 15) is 14.5 Å². The van der Waals surface area contributed by atoms with E-state index in [1.54, 1.807) is 13.8 Å². The normalized spacial score (nSPS) is 20.2. The fourth-order valence-electron chi connectivity index (χ4n) is 3.38. The Balaban J connectivity index is 1.72. The van der Waals surface area contributed by atoms with E-state index in [0.29, 0.717) is 41.8 Å². The maximum atomic E-state index is 13.0. The lowest BCUT2D eigenvalue weighted by Gasteiger charge is -2.37. The number of phosphoric acid groups is 1. The van der Waals surface area contributed by atoms with Crippen LogP contribution < -0.4 is 10.2 Å². The number of phosphoric ester groups is 1. The Morgan fingerprint density at radius 3 is 2.73 bits per heavy atom. The number of aliphatic hydroxyl groups excluding tert-OH is 1. The number of imidazole rings is 1. The van der Waals surface area contributed by atoms with E-state index in [4.69, 9.17) is 26.1 Å². The molecule has 1 aliphatic rings. The molecule has 0 spiro atoms. The summed E-state index contributed by atoms with van der Waals surface area (Å²) in [4.78, 5) is 37.2. The summed E-state index contributed by atoms with van der Waals surface area (Å²) in [5, 5.41) is 21.9. The molecule has 1 unspecified atom stereocenters. The number of rotatable bonds is 9. The zero-order chi connectivity index (χ0) is 24.3. The van der Waals surface area contributed by atoms with E-state index in [1.165, 1.54) is 18.4 Å². The molecular weight excluding hydrogens is 499 g/mol. The third kappa shape index (κ3) is 6.28. The Bertz CT molecular complexity index is 1030. The van der Waals surface area contributed by atoms with Gasteiger partial charge in [0.15, 0.2) is 0 Å². The fourth-order valence-corrected chi connectivity index (χ4v) is 4.77. The van der Waals surface area contributed by atoms with Crippen molar-refractivity contribution < 1.29 is 33.5 Å². The van der Waals surface area contributed by atoms with Crippen LogP contribution in [0.15, 0.2) is 0 Å². The zero-order valence-electron chi connectivity index (χ0n) is 18.2. The molecule has 1 saturated heterocycles. The predicted octanol–water partition coefficient (Wildman–Crippen LogP) is 1.09. The number of halogens is 1. The highest BCUT2D eigenvalue weighted by Gasteiger charge is 2.34. The van der Waals surface area contributed by atoms with Crippen LogP contribution >= 0.6 is 30.8 Å². The molecule has 1 aliphatic heterocycles. The Labute approximate surface area is 198 Å². The minimum absolute atomic E-state index is 0.0689. The van der Waals surface area contributed by atoms with E-state index < -0.39 is 26.6 Å². The number of aromatic nitrogens is 4. The Kier molecular flexibility index (Phi) is 8.45. The molecule has 3 atom stereocenters. The topological polar surface area (TPSA) is 172 Å². The molecule has 3 heterocycles. The lowest BCUT2D eigenvalue weighted by atomic mass is 10.0. The van der Waals surface area contributed by atoms with E-state index in [0.717, 1.165) is 4.57 Å². The molecule has 1 amide bonds. The minimum atomic E-state index is -4.78. The molecule has 16 heteroatoms. The van der Waals surface area contributed by atoms with Gasteiger partial charge < -0.3 is 29.8 Å². The van der Waals surface area contributed by atoms with Crippen LogP contribution in [0.1, 0.15) is 47.7 Å². The quantitative estimate of drug-likeness (QED) is 0.346. The molecule has 2 aromatic rings. The van der Waals surface area contributed by atoms with Crippen LogP contribution in [0.5, 0.6) is 0 Å². The highest BCUT2D eigenvalue weighted by Crippen LogP contribution is 2.37. The van der Waals surface area contributed by atoms with E-state index in [-0.39, 0.29) is 23.1 Å². The number of carbonyl (C=O) groups excluding carboxylic acids is 1. The second kappa shape index (κ2) is 10.7. The second-order valence-electron chi connectivity index (χ2n) is 7.39. The van der Waals surface area contributed by atoms with E-state index >= 15 is 0 Å². The van der Waals surface area contributed by atoms with Gasteiger partial charge >= 0.3 is 7.82 Å². The van der Waals surface area contributed by atoms with E-state index in [1.807, 2.05) is 4.90 Å². The summed E-state index contributed by atoms with van der Waals surface area (Å²) < 4.78 is 22.3. The maximum absolute atomic E-state index is 13.0. The number of aliphatic hydroxyl groups is 1. The van der Waals surface area contributed by atoms with Gasteiger partial charge in [0.05, 0.1) is 17.8 Å². The maximum Gasteiger partial charge on any atom is 0.471 e. The van der Waals surface area contributed by atoms with Crippen LogP contribution in [0.4, 0.5) is 5.13 Å². The third-order valence-corrected chi connectivity index (χ3v) is 7.13. The van der Waals surface area contributed by atoms with Crippen LogP contribution in [-0.2, 0) is 27.0 Å². The van der Waals surface area contributed by atoms with Gasteiger partial charge in [0.25, 0.3) is 5.91 Å². The Morgan fingerprint density at radius 1 is 1.42 bits per heavy atom. The van der Waals surface area contributed by atoms with Gasteiger partial charge in [-0.3, -0.25) is 13.9 Å². The number of nitrogens with one attached hydrogen (secondary N) is 1. The number of anilines is 1. The summed E-state index contributed by atoms with van der Waals surface area (Å²) in [6.07, 6.45) is -0.138. The zero-order valence-corrected chi connectivity index (χ0v) is 20.7. The van der Waals surface area contributed by atoms with Crippen molar-refractivity contribution in [2.24, 2.45) is 0 Å². The van der Waals surface area contributed by atoms with E-state index in [2.05, 4.69) is 25.0 Å². The SMILES string of the molecule is CCc1nc(C(=O)N[C@@H]2CCN(c3nnc(C(C)O)s3)C[C@@H]2OC)n(COP(=O)(O)O)c1Cl. The van der Waals surface area contributed by atoms with Gasteiger partial charge in [-0.05, 0) is 19.8 Å². The predicted molar refractivity (Wildman–Crippen MR) is 119 cm³/mol. The first-order valence-corrected chi connectivity index (χ1v) is 12.8. The van der Waals surface area contributed by atoms with Gasteiger partial charge in [0.1, 0.15) is 23.0 Å². The number of piperidine rings is 1. The Hall–Kier alpha value is -1.64. The largest absolute Gasteiger partial charge is 0.471 e. The first kappa shape index (κ1) is 26.0. The summed E-state index contributed by atoms with van der Waals surface area (Å²) >= 11 is 7.53. The summed E-state index contributed by atoms with van der Waals surface area (Å²) in [6, 6.07) is -0.361. The van der Waals surface area contributed by atoms with Gasteiger partial charge in [-0.15, -0.1) is 10.2 Å². The average Bonchev–Trinajstić information content (AvgIpc) is 3.37. The first-order valence-electron chi connectivity index (χ1n) is 10.1. The first-order chi connectivity index (χ1) is 15.5. The number of ether oxygens (including phenoxy) is 1. The summed E-state index contributed by atoms with van der Waals surface area (Å²) in [7, 11) is -3.24. The molecule has 4 N–H and O–H groups in total. The number of carbonyl (C=O) groups is 1.